The number of hydrogen-bond donors (Lipinski definition) is 0. The van der Waals surface area contributed by atoms with Crippen LogP contribution in [0.15, 0.2) is 53.4 Å². The van der Waals surface area contributed by atoms with Gasteiger partial charge in [0.2, 0.25) is 10.0 Å². The van der Waals surface area contributed by atoms with Gasteiger partial charge in [0.1, 0.15) is 24.8 Å². The van der Waals surface area contributed by atoms with Crippen molar-refractivity contribution >= 4 is 16.0 Å². The second-order valence-electron chi connectivity index (χ2n) is 5.01. The molecule has 0 fully saturated rings. The number of benzene rings is 2. The summed E-state index contributed by atoms with van der Waals surface area (Å²) in [5.41, 5.74) is 0.451. The molecule has 0 amide bonds. The Labute approximate surface area is 138 Å². The van der Waals surface area contributed by atoms with Crippen molar-refractivity contribution in [2.45, 2.75) is 11.5 Å². The van der Waals surface area contributed by atoms with E-state index in [1.165, 1.54) is 25.2 Å². The first-order chi connectivity index (χ1) is 11.3. The van der Waals surface area contributed by atoms with Gasteiger partial charge >= 0.3 is 5.97 Å². The average molecular weight is 355 g/mol. The van der Waals surface area contributed by atoms with E-state index in [4.69, 9.17) is 4.74 Å². The number of rotatable bonds is 6. The van der Waals surface area contributed by atoms with Gasteiger partial charge in [-0.3, -0.25) is 4.79 Å². The second kappa shape index (κ2) is 7.50. The molecule has 0 N–H and O–H groups in total. The number of sulfonamides is 1. The van der Waals surface area contributed by atoms with Gasteiger partial charge in [0, 0.05) is 7.05 Å². The van der Waals surface area contributed by atoms with E-state index in [2.05, 4.69) is 0 Å². The molecule has 0 heterocycles. The molecule has 8 heteroatoms. The molecule has 5 nitrogen and oxygen atoms in total. The normalized spacial score (nSPS) is 11.5. The van der Waals surface area contributed by atoms with Gasteiger partial charge in [-0.15, -0.1) is 0 Å². The fourth-order valence-electron chi connectivity index (χ4n) is 1.89. The summed E-state index contributed by atoms with van der Waals surface area (Å²) >= 11 is 0. The molecular weight excluding hydrogens is 340 g/mol. The van der Waals surface area contributed by atoms with Crippen LogP contribution < -0.4 is 0 Å². The van der Waals surface area contributed by atoms with Crippen molar-refractivity contribution in [2.24, 2.45) is 0 Å². The van der Waals surface area contributed by atoms with Crippen LogP contribution in [0.5, 0.6) is 0 Å². The second-order valence-corrected chi connectivity index (χ2v) is 7.05. The number of halogens is 2. The van der Waals surface area contributed by atoms with Crippen molar-refractivity contribution in [3.63, 3.8) is 0 Å². The first-order valence-electron chi connectivity index (χ1n) is 6.91. The Kier molecular flexibility index (Phi) is 5.63. The van der Waals surface area contributed by atoms with Gasteiger partial charge in [0.15, 0.2) is 0 Å². The van der Waals surface area contributed by atoms with Crippen LogP contribution in [0.4, 0.5) is 8.78 Å². The number of carbonyl (C=O) groups excluding carboxylic acids is 1. The quantitative estimate of drug-likeness (QED) is 0.746. The maximum atomic E-state index is 13.0. The van der Waals surface area contributed by atoms with Crippen LogP contribution >= 0.6 is 0 Å². The highest BCUT2D eigenvalue weighted by molar-refractivity contribution is 7.89. The van der Waals surface area contributed by atoms with E-state index < -0.39 is 34.2 Å². The zero-order valence-corrected chi connectivity index (χ0v) is 13.6. The molecule has 24 heavy (non-hydrogen) atoms. The summed E-state index contributed by atoms with van der Waals surface area (Å²) in [4.78, 5) is 11.6. The van der Waals surface area contributed by atoms with Crippen LogP contribution in [0.2, 0.25) is 0 Å². The van der Waals surface area contributed by atoms with Gasteiger partial charge in [-0.1, -0.05) is 12.1 Å². The van der Waals surface area contributed by atoms with Crippen molar-refractivity contribution < 1.29 is 26.7 Å². The lowest BCUT2D eigenvalue weighted by atomic mass is 10.2. The first kappa shape index (κ1) is 18.0. The number of carbonyl (C=O) groups is 1. The predicted octanol–water partition coefficient (Wildman–Crippen LogP) is 2.33. The summed E-state index contributed by atoms with van der Waals surface area (Å²) in [6, 6.07) is 9.78. The average Bonchev–Trinajstić information content (AvgIpc) is 2.53. The van der Waals surface area contributed by atoms with Crippen LogP contribution in [0.3, 0.4) is 0 Å². The molecule has 128 valence electrons. The molecule has 2 aromatic rings. The summed E-state index contributed by atoms with van der Waals surface area (Å²) in [6.07, 6.45) is 0. The summed E-state index contributed by atoms with van der Waals surface area (Å²) in [6.45, 7) is -0.684. The van der Waals surface area contributed by atoms with Gasteiger partial charge in [-0.05, 0) is 42.0 Å². The molecule has 0 spiro atoms. The lowest BCUT2D eigenvalue weighted by molar-refractivity contribution is -0.144. The van der Waals surface area contributed by atoms with E-state index in [9.17, 15) is 22.0 Å². The molecule has 0 bridgehead atoms. The van der Waals surface area contributed by atoms with E-state index in [1.807, 2.05) is 0 Å². The molecule has 0 saturated heterocycles. The highest BCUT2D eigenvalue weighted by atomic mass is 32.2. The highest BCUT2D eigenvalue weighted by Gasteiger charge is 2.23. The van der Waals surface area contributed by atoms with Crippen LogP contribution in [0.25, 0.3) is 0 Å². The van der Waals surface area contributed by atoms with Crippen molar-refractivity contribution in [1.82, 2.24) is 4.31 Å². The molecular formula is C16H15F2NO4S. The maximum absolute atomic E-state index is 13.0. The number of hydrogen-bond acceptors (Lipinski definition) is 4. The van der Waals surface area contributed by atoms with Gasteiger partial charge in [-0.25, -0.2) is 17.2 Å². The number of ether oxygens (including phenoxy) is 1. The number of likely N-dealkylation sites (N-methyl/N-ethyl adjacent to an activating group) is 1. The summed E-state index contributed by atoms with van der Waals surface area (Å²) < 4.78 is 56.1. The molecule has 2 rings (SSSR count). The van der Waals surface area contributed by atoms with Crippen molar-refractivity contribution in [3.05, 3.63) is 65.7 Å². The lowest BCUT2D eigenvalue weighted by Crippen LogP contribution is -2.33. The minimum absolute atomic E-state index is 0.135. The van der Waals surface area contributed by atoms with E-state index in [-0.39, 0.29) is 11.5 Å². The van der Waals surface area contributed by atoms with Crippen LogP contribution in [-0.4, -0.2) is 32.3 Å². The Morgan fingerprint density at radius 1 is 1.08 bits per heavy atom. The summed E-state index contributed by atoms with van der Waals surface area (Å²) in [5, 5.41) is 0. The van der Waals surface area contributed by atoms with E-state index in [0.29, 0.717) is 5.56 Å². The Hall–Kier alpha value is -2.32. The summed E-state index contributed by atoms with van der Waals surface area (Å²) in [7, 11) is -2.72. The van der Waals surface area contributed by atoms with Gasteiger partial charge in [-0.2, -0.15) is 4.31 Å². The fourth-order valence-corrected chi connectivity index (χ4v) is 3.00. The first-order valence-corrected chi connectivity index (χ1v) is 8.35. The van der Waals surface area contributed by atoms with E-state index in [0.717, 1.165) is 28.6 Å². The zero-order chi connectivity index (χ0) is 17.7. The molecule has 0 aliphatic carbocycles. The van der Waals surface area contributed by atoms with Crippen molar-refractivity contribution in [3.8, 4) is 0 Å². The molecule has 0 saturated carbocycles. The predicted molar refractivity (Wildman–Crippen MR) is 82.4 cm³/mol. The molecule has 0 aliphatic rings. The number of nitrogens with zero attached hydrogens (tertiary/aromatic N) is 1. The Morgan fingerprint density at radius 3 is 2.38 bits per heavy atom. The van der Waals surface area contributed by atoms with Gasteiger partial charge in [0.25, 0.3) is 0 Å². The van der Waals surface area contributed by atoms with E-state index >= 15 is 0 Å². The molecule has 0 atom stereocenters. The molecule has 0 unspecified atom stereocenters. The largest absolute Gasteiger partial charge is 0.460 e. The SMILES string of the molecule is CN(CC(=O)OCc1cccc(F)c1)S(=O)(=O)c1ccc(F)cc1. The van der Waals surface area contributed by atoms with Crippen LogP contribution in [-0.2, 0) is 26.2 Å². The number of esters is 1. The lowest BCUT2D eigenvalue weighted by Gasteiger charge is -2.16. The Morgan fingerprint density at radius 2 is 1.75 bits per heavy atom. The molecule has 0 aliphatic heterocycles. The fraction of sp³-hybridized carbons (Fsp3) is 0.188. The highest BCUT2D eigenvalue weighted by Crippen LogP contribution is 2.15. The van der Waals surface area contributed by atoms with Crippen LogP contribution in [0, 0.1) is 11.6 Å². The molecule has 0 radical (unpaired) electrons. The Bertz CT molecular complexity index is 822. The topological polar surface area (TPSA) is 63.7 Å². The smallest absolute Gasteiger partial charge is 0.321 e. The summed E-state index contributed by atoms with van der Waals surface area (Å²) in [5.74, 6) is -1.81. The standard InChI is InChI=1S/C16H15F2NO4S/c1-19(24(21,22)15-7-5-13(17)6-8-15)10-16(20)23-11-12-3-2-4-14(18)9-12/h2-9H,10-11H2,1H3. The third kappa shape index (κ3) is 4.59. The molecule has 0 aromatic heterocycles. The molecule has 2 aromatic carbocycles. The van der Waals surface area contributed by atoms with E-state index in [1.54, 1.807) is 6.07 Å². The third-order valence-electron chi connectivity index (χ3n) is 3.16. The van der Waals surface area contributed by atoms with Crippen molar-refractivity contribution in [1.29, 1.82) is 0 Å². The van der Waals surface area contributed by atoms with Gasteiger partial charge in [0.05, 0.1) is 4.90 Å². The Balaban J connectivity index is 1.96. The maximum Gasteiger partial charge on any atom is 0.321 e. The minimum Gasteiger partial charge on any atom is -0.460 e. The van der Waals surface area contributed by atoms with Crippen LogP contribution in [0.1, 0.15) is 5.56 Å². The van der Waals surface area contributed by atoms with Crippen molar-refractivity contribution in [2.75, 3.05) is 13.6 Å². The zero-order valence-electron chi connectivity index (χ0n) is 12.8. The monoisotopic (exact) mass is 355 g/mol. The minimum atomic E-state index is -3.93. The third-order valence-corrected chi connectivity index (χ3v) is 4.98. The van der Waals surface area contributed by atoms with Gasteiger partial charge < -0.3 is 4.74 Å².